The van der Waals surface area contributed by atoms with E-state index < -0.39 is 17.8 Å². The van der Waals surface area contributed by atoms with E-state index in [1.54, 1.807) is 12.1 Å². The molecule has 6 nitrogen and oxygen atoms in total. The zero-order valence-corrected chi connectivity index (χ0v) is 18.4. The maximum atomic E-state index is 13.6. The number of nitrogens with one attached hydrogen (secondary N) is 1. The monoisotopic (exact) mass is 460 g/mol. The van der Waals surface area contributed by atoms with Gasteiger partial charge in [0, 0.05) is 12.6 Å². The lowest BCUT2D eigenvalue weighted by molar-refractivity contribution is -0.140. The van der Waals surface area contributed by atoms with Gasteiger partial charge in [0.05, 0.1) is 0 Å². The van der Waals surface area contributed by atoms with E-state index in [9.17, 15) is 14.0 Å². The normalized spacial score (nSPS) is 16.4. The third kappa shape index (κ3) is 5.15. The molecule has 170 valence electrons. The van der Waals surface area contributed by atoms with Crippen LogP contribution < -0.4 is 14.8 Å². The summed E-state index contributed by atoms with van der Waals surface area (Å²) in [6.07, 6.45) is 5.11. The Bertz CT molecular complexity index is 963. The highest BCUT2D eigenvalue weighted by Crippen LogP contribution is 2.34. The van der Waals surface area contributed by atoms with Crippen molar-refractivity contribution in [2.75, 3.05) is 12.7 Å². The van der Waals surface area contributed by atoms with Crippen molar-refractivity contribution in [3.05, 3.63) is 59.4 Å². The topological polar surface area (TPSA) is 67.9 Å². The molecule has 0 bridgehead atoms. The molecule has 1 N–H and O–H groups in total. The third-order valence-electron chi connectivity index (χ3n) is 5.92. The Hall–Kier alpha value is -2.80. The fraction of sp³-hybridized carbons (Fsp3) is 0.417. The molecule has 2 aromatic carbocycles. The van der Waals surface area contributed by atoms with Gasteiger partial charge in [-0.15, -0.1) is 11.6 Å². The van der Waals surface area contributed by atoms with Crippen molar-refractivity contribution in [2.24, 2.45) is 0 Å². The molecule has 1 aliphatic heterocycles. The molecule has 0 saturated heterocycles. The summed E-state index contributed by atoms with van der Waals surface area (Å²) in [4.78, 5) is 27.8. The molecule has 1 unspecified atom stereocenters. The SMILES string of the molecule is O=C(NC1CCCCC1)C(c1ccc(F)cc1)N(Cc1ccc2c(c1)OCO2)C(=O)CCl. The van der Waals surface area contributed by atoms with Crippen molar-refractivity contribution in [2.45, 2.75) is 50.7 Å². The fourth-order valence-corrected chi connectivity index (χ4v) is 4.43. The zero-order valence-electron chi connectivity index (χ0n) is 17.7. The van der Waals surface area contributed by atoms with Crippen LogP contribution in [-0.4, -0.2) is 35.4 Å². The van der Waals surface area contributed by atoms with Crippen LogP contribution >= 0.6 is 11.6 Å². The predicted molar refractivity (Wildman–Crippen MR) is 118 cm³/mol. The van der Waals surface area contributed by atoms with Gasteiger partial charge in [-0.2, -0.15) is 0 Å². The predicted octanol–water partition coefficient (Wildman–Crippen LogP) is 4.31. The number of hydrogen-bond donors (Lipinski definition) is 1. The molecule has 2 aliphatic rings. The molecular formula is C24H26ClFN2O4. The van der Waals surface area contributed by atoms with Crippen molar-refractivity contribution in [1.29, 1.82) is 0 Å². The Morgan fingerprint density at radius 3 is 2.50 bits per heavy atom. The molecule has 0 radical (unpaired) electrons. The summed E-state index contributed by atoms with van der Waals surface area (Å²) in [6.45, 7) is 0.285. The van der Waals surface area contributed by atoms with E-state index in [0.717, 1.165) is 37.7 Å². The smallest absolute Gasteiger partial charge is 0.247 e. The Morgan fingerprint density at radius 1 is 1.06 bits per heavy atom. The average molecular weight is 461 g/mol. The van der Waals surface area contributed by atoms with Crippen LogP contribution in [-0.2, 0) is 16.1 Å². The molecule has 0 aromatic heterocycles. The Labute approximate surface area is 191 Å². The molecule has 1 fully saturated rings. The van der Waals surface area contributed by atoms with E-state index in [0.29, 0.717) is 17.1 Å². The van der Waals surface area contributed by atoms with Crippen LogP contribution in [0.4, 0.5) is 4.39 Å². The first-order valence-corrected chi connectivity index (χ1v) is 11.4. The summed E-state index contributed by atoms with van der Waals surface area (Å²) < 4.78 is 24.4. The van der Waals surface area contributed by atoms with Gasteiger partial charge < -0.3 is 19.7 Å². The number of alkyl halides is 1. The van der Waals surface area contributed by atoms with Crippen molar-refractivity contribution in [3.63, 3.8) is 0 Å². The van der Waals surface area contributed by atoms with Gasteiger partial charge in [0.15, 0.2) is 11.5 Å². The van der Waals surface area contributed by atoms with Crippen molar-refractivity contribution in [1.82, 2.24) is 10.2 Å². The quantitative estimate of drug-likeness (QED) is 0.625. The molecule has 1 atom stereocenters. The minimum atomic E-state index is -0.936. The standard InChI is InChI=1S/C24H26ClFN2O4/c25-13-22(29)28(14-16-6-11-20-21(12-16)32-15-31-20)23(17-7-9-18(26)10-8-17)24(30)27-19-4-2-1-3-5-19/h6-12,19,23H,1-5,13-15H2,(H,27,30). The lowest BCUT2D eigenvalue weighted by Gasteiger charge is -2.33. The first-order valence-electron chi connectivity index (χ1n) is 10.8. The zero-order chi connectivity index (χ0) is 22.5. The Kier molecular flexibility index (Phi) is 7.15. The number of nitrogens with zero attached hydrogens (tertiary/aromatic N) is 1. The van der Waals surface area contributed by atoms with E-state index in [4.69, 9.17) is 21.1 Å². The molecule has 8 heteroatoms. The van der Waals surface area contributed by atoms with Crippen LogP contribution in [0, 0.1) is 5.82 Å². The van der Waals surface area contributed by atoms with Crippen LogP contribution in [0.1, 0.15) is 49.3 Å². The van der Waals surface area contributed by atoms with Crippen molar-refractivity contribution >= 4 is 23.4 Å². The Morgan fingerprint density at radius 2 is 1.78 bits per heavy atom. The summed E-state index contributed by atoms with van der Waals surface area (Å²) in [6, 6.07) is 10.2. The van der Waals surface area contributed by atoms with Gasteiger partial charge in [0.1, 0.15) is 17.7 Å². The minimum Gasteiger partial charge on any atom is -0.454 e. The van der Waals surface area contributed by atoms with Gasteiger partial charge in [-0.25, -0.2) is 4.39 Å². The molecule has 32 heavy (non-hydrogen) atoms. The second-order valence-corrected chi connectivity index (χ2v) is 8.41. The van der Waals surface area contributed by atoms with Crippen LogP contribution in [0.25, 0.3) is 0 Å². The van der Waals surface area contributed by atoms with Crippen molar-refractivity contribution in [3.8, 4) is 11.5 Å². The highest BCUT2D eigenvalue weighted by Gasteiger charge is 2.33. The molecule has 2 amide bonds. The molecule has 1 heterocycles. The highest BCUT2D eigenvalue weighted by molar-refractivity contribution is 6.27. The van der Waals surface area contributed by atoms with Gasteiger partial charge in [-0.1, -0.05) is 37.5 Å². The summed E-state index contributed by atoms with van der Waals surface area (Å²) in [7, 11) is 0. The van der Waals surface area contributed by atoms with E-state index in [-0.39, 0.29) is 31.2 Å². The van der Waals surface area contributed by atoms with E-state index in [1.807, 2.05) is 6.07 Å². The summed E-state index contributed by atoms with van der Waals surface area (Å²) >= 11 is 5.93. The van der Waals surface area contributed by atoms with E-state index in [1.165, 1.54) is 29.2 Å². The first kappa shape index (κ1) is 22.4. The second-order valence-electron chi connectivity index (χ2n) is 8.14. The molecule has 1 saturated carbocycles. The Balaban J connectivity index is 1.64. The van der Waals surface area contributed by atoms with E-state index in [2.05, 4.69) is 5.32 Å². The number of carbonyl (C=O) groups is 2. The van der Waals surface area contributed by atoms with Gasteiger partial charge in [0.25, 0.3) is 0 Å². The summed E-state index contributed by atoms with van der Waals surface area (Å²) in [5.41, 5.74) is 1.30. The lowest BCUT2D eigenvalue weighted by Crippen LogP contribution is -2.47. The van der Waals surface area contributed by atoms with Crippen LogP contribution in [0.15, 0.2) is 42.5 Å². The lowest BCUT2D eigenvalue weighted by atomic mass is 9.94. The van der Waals surface area contributed by atoms with Crippen LogP contribution in [0.2, 0.25) is 0 Å². The summed E-state index contributed by atoms with van der Waals surface area (Å²) in [5, 5.41) is 3.10. The number of rotatable bonds is 7. The maximum Gasteiger partial charge on any atom is 0.247 e. The largest absolute Gasteiger partial charge is 0.454 e. The van der Waals surface area contributed by atoms with Crippen molar-refractivity contribution < 1.29 is 23.5 Å². The fourth-order valence-electron chi connectivity index (χ4n) is 4.28. The van der Waals surface area contributed by atoms with Gasteiger partial charge in [-0.3, -0.25) is 9.59 Å². The highest BCUT2D eigenvalue weighted by atomic mass is 35.5. The molecular weight excluding hydrogens is 435 g/mol. The number of fused-ring (bicyclic) bond motifs is 1. The van der Waals surface area contributed by atoms with Gasteiger partial charge >= 0.3 is 0 Å². The van der Waals surface area contributed by atoms with Crippen LogP contribution in [0.3, 0.4) is 0 Å². The maximum absolute atomic E-state index is 13.6. The minimum absolute atomic E-state index is 0.0673. The third-order valence-corrected chi connectivity index (χ3v) is 6.15. The number of benzene rings is 2. The molecule has 0 spiro atoms. The van der Waals surface area contributed by atoms with E-state index >= 15 is 0 Å². The van der Waals surface area contributed by atoms with Gasteiger partial charge in [0.2, 0.25) is 18.6 Å². The number of ether oxygens (including phenoxy) is 2. The number of carbonyl (C=O) groups excluding carboxylic acids is 2. The van der Waals surface area contributed by atoms with Gasteiger partial charge in [-0.05, 0) is 48.2 Å². The molecule has 1 aliphatic carbocycles. The average Bonchev–Trinajstić information content (AvgIpc) is 3.28. The van der Waals surface area contributed by atoms with Crippen LogP contribution in [0.5, 0.6) is 11.5 Å². The number of amides is 2. The summed E-state index contributed by atoms with van der Waals surface area (Å²) in [5.74, 6) is -0.148. The first-order chi connectivity index (χ1) is 15.5. The molecule has 2 aromatic rings. The second kappa shape index (κ2) is 10.2. The number of halogens is 2. The molecule has 4 rings (SSSR count). The number of hydrogen-bond acceptors (Lipinski definition) is 4.